The summed E-state index contributed by atoms with van der Waals surface area (Å²) in [4.78, 5) is 25.6. The third kappa shape index (κ3) is 4.39. The Morgan fingerprint density at radius 1 is 1.17 bits per heavy atom. The Bertz CT molecular complexity index is 599. The number of hydrogen-bond donors (Lipinski definition) is 1. The molecule has 10 heteroatoms. The van der Waals surface area contributed by atoms with Gasteiger partial charge in [-0.25, -0.2) is 4.79 Å². The van der Waals surface area contributed by atoms with Gasteiger partial charge in [-0.2, -0.15) is 18.3 Å². The van der Waals surface area contributed by atoms with Crippen LogP contribution in [0.1, 0.15) is 26.3 Å². The van der Waals surface area contributed by atoms with Crippen LogP contribution in [0, 0.1) is 0 Å². The Morgan fingerprint density at radius 2 is 1.79 bits per heavy atom. The Labute approximate surface area is 137 Å². The number of anilines is 1. The maximum absolute atomic E-state index is 12.5. The molecule has 0 aromatic carbocycles. The molecule has 1 aromatic heterocycles. The average molecular weight is 347 g/mol. The molecular formula is C14H20F3N5O2. The number of hydrogen-bond acceptors (Lipinski definition) is 3. The lowest BCUT2D eigenvalue weighted by atomic mass is 10.3. The van der Waals surface area contributed by atoms with E-state index in [4.69, 9.17) is 0 Å². The van der Waals surface area contributed by atoms with Gasteiger partial charge in [0.15, 0.2) is 0 Å². The van der Waals surface area contributed by atoms with Gasteiger partial charge < -0.3 is 15.1 Å². The summed E-state index contributed by atoms with van der Waals surface area (Å²) in [5, 5.41) is 6.77. The van der Waals surface area contributed by atoms with Crippen molar-refractivity contribution in [2.45, 2.75) is 32.5 Å². The van der Waals surface area contributed by atoms with E-state index in [1.165, 1.54) is 11.1 Å². The van der Waals surface area contributed by atoms with Crippen LogP contribution in [-0.2, 0) is 4.79 Å². The zero-order chi connectivity index (χ0) is 17.9. The molecule has 0 aliphatic carbocycles. The van der Waals surface area contributed by atoms with E-state index < -0.39 is 18.1 Å². The Hall–Kier alpha value is -2.26. The Morgan fingerprint density at radius 3 is 2.38 bits per heavy atom. The molecule has 0 atom stereocenters. The van der Waals surface area contributed by atoms with Crippen LogP contribution in [-0.4, -0.2) is 63.9 Å². The highest BCUT2D eigenvalue weighted by Crippen LogP contribution is 2.20. The molecule has 0 radical (unpaired) electrons. The number of carbonyl (C=O) groups excluding carboxylic acids is 2. The van der Waals surface area contributed by atoms with Crippen LogP contribution in [0.5, 0.6) is 0 Å². The minimum atomic E-state index is -4.89. The van der Waals surface area contributed by atoms with Crippen molar-refractivity contribution in [2.24, 2.45) is 0 Å². The third-order valence-corrected chi connectivity index (χ3v) is 3.69. The van der Waals surface area contributed by atoms with E-state index in [0.717, 1.165) is 4.90 Å². The molecule has 7 nitrogen and oxygen atoms in total. The van der Waals surface area contributed by atoms with Gasteiger partial charge in [0.05, 0.1) is 11.9 Å². The summed E-state index contributed by atoms with van der Waals surface area (Å²) in [6.07, 6.45) is -1.40. The molecule has 134 valence electrons. The average Bonchev–Trinajstić information content (AvgIpc) is 2.81. The first-order valence-corrected chi connectivity index (χ1v) is 7.64. The molecule has 24 heavy (non-hydrogen) atoms. The van der Waals surface area contributed by atoms with Crippen molar-refractivity contribution < 1.29 is 22.8 Å². The standard InChI is InChI=1S/C14H20F3N5O2/c1-10(2)22-9-11(8-18-22)19-13(24)21-5-3-4-20(6-7-21)12(23)14(15,16)17/h8-10H,3-7H2,1-2H3,(H,19,24). The van der Waals surface area contributed by atoms with E-state index in [9.17, 15) is 22.8 Å². The Balaban J connectivity index is 1.93. The predicted octanol–water partition coefficient (Wildman–Crippen LogP) is 2.09. The number of alkyl halides is 3. The summed E-state index contributed by atoms with van der Waals surface area (Å²) in [7, 11) is 0. The zero-order valence-corrected chi connectivity index (χ0v) is 13.5. The van der Waals surface area contributed by atoms with Crippen LogP contribution in [0.3, 0.4) is 0 Å². The van der Waals surface area contributed by atoms with Gasteiger partial charge >= 0.3 is 18.1 Å². The number of aromatic nitrogens is 2. The van der Waals surface area contributed by atoms with Gasteiger partial charge in [-0.3, -0.25) is 9.48 Å². The number of amides is 3. The molecule has 3 amide bonds. The fraction of sp³-hybridized carbons (Fsp3) is 0.643. The smallest absolute Gasteiger partial charge is 0.333 e. The molecule has 1 aromatic rings. The number of nitrogens with one attached hydrogen (secondary N) is 1. The van der Waals surface area contributed by atoms with Gasteiger partial charge in [0.25, 0.3) is 0 Å². The second-order valence-corrected chi connectivity index (χ2v) is 5.86. The van der Waals surface area contributed by atoms with E-state index >= 15 is 0 Å². The number of carbonyl (C=O) groups is 2. The number of urea groups is 1. The van der Waals surface area contributed by atoms with Gasteiger partial charge in [0, 0.05) is 38.4 Å². The first-order valence-electron chi connectivity index (χ1n) is 7.64. The lowest BCUT2D eigenvalue weighted by Gasteiger charge is -2.22. The normalized spacial score (nSPS) is 16.2. The highest BCUT2D eigenvalue weighted by molar-refractivity contribution is 5.89. The lowest BCUT2D eigenvalue weighted by molar-refractivity contribution is -0.185. The fourth-order valence-electron chi connectivity index (χ4n) is 2.39. The van der Waals surface area contributed by atoms with Crippen LogP contribution >= 0.6 is 0 Å². The van der Waals surface area contributed by atoms with Crippen LogP contribution < -0.4 is 5.32 Å². The largest absolute Gasteiger partial charge is 0.471 e. The highest BCUT2D eigenvalue weighted by Gasteiger charge is 2.42. The molecule has 1 saturated heterocycles. The first kappa shape index (κ1) is 18.1. The maximum Gasteiger partial charge on any atom is 0.471 e. The number of halogens is 3. The maximum atomic E-state index is 12.5. The van der Waals surface area contributed by atoms with E-state index in [-0.39, 0.29) is 32.2 Å². The monoisotopic (exact) mass is 347 g/mol. The SMILES string of the molecule is CC(C)n1cc(NC(=O)N2CCCN(C(=O)C(F)(F)F)CC2)cn1. The van der Waals surface area contributed by atoms with Crippen LogP contribution in [0.4, 0.5) is 23.7 Å². The summed E-state index contributed by atoms with van der Waals surface area (Å²) in [5.74, 6) is -1.86. The first-order chi connectivity index (χ1) is 11.2. The van der Waals surface area contributed by atoms with Gasteiger partial charge in [-0.1, -0.05) is 0 Å². The molecule has 0 bridgehead atoms. The van der Waals surface area contributed by atoms with Crippen molar-refractivity contribution in [1.82, 2.24) is 19.6 Å². The van der Waals surface area contributed by atoms with Crippen molar-refractivity contribution >= 4 is 17.6 Å². The molecule has 0 saturated carbocycles. The second kappa shape index (κ2) is 7.10. The molecule has 2 heterocycles. The van der Waals surface area contributed by atoms with E-state index in [1.807, 2.05) is 13.8 Å². The topological polar surface area (TPSA) is 70.5 Å². The molecular weight excluding hydrogens is 327 g/mol. The number of rotatable bonds is 2. The second-order valence-electron chi connectivity index (χ2n) is 5.86. The third-order valence-electron chi connectivity index (χ3n) is 3.69. The minimum absolute atomic E-state index is 0.0204. The highest BCUT2D eigenvalue weighted by atomic mass is 19.4. The van der Waals surface area contributed by atoms with Crippen molar-refractivity contribution in [1.29, 1.82) is 0 Å². The van der Waals surface area contributed by atoms with Crippen molar-refractivity contribution in [2.75, 3.05) is 31.5 Å². The summed E-state index contributed by atoms with van der Waals surface area (Å²) < 4.78 is 39.1. The van der Waals surface area contributed by atoms with Gasteiger partial charge in [0.1, 0.15) is 0 Å². The van der Waals surface area contributed by atoms with Gasteiger partial charge in [-0.05, 0) is 20.3 Å². The van der Waals surface area contributed by atoms with Crippen LogP contribution in [0.25, 0.3) is 0 Å². The van der Waals surface area contributed by atoms with Crippen LogP contribution in [0.2, 0.25) is 0 Å². The van der Waals surface area contributed by atoms with E-state index in [1.54, 1.807) is 10.9 Å². The molecule has 1 aliphatic rings. The van der Waals surface area contributed by atoms with E-state index in [2.05, 4.69) is 10.4 Å². The molecule has 2 rings (SSSR count). The van der Waals surface area contributed by atoms with Crippen LogP contribution in [0.15, 0.2) is 12.4 Å². The van der Waals surface area contributed by atoms with Gasteiger partial charge in [0.2, 0.25) is 0 Å². The zero-order valence-electron chi connectivity index (χ0n) is 13.5. The minimum Gasteiger partial charge on any atom is -0.333 e. The van der Waals surface area contributed by atoms with Crippen molar-refractivity contribution in [3.8, 4) is 0 Å². The molecule has 1 fully saturated rings. The summed E-state index contributed by atoms with van der Waals surface area (Å²) in [6, 6.07) is -0.268. The molecule has 0 unspecified atom stereocenters. The summed E-state index contributed by atoms with van der Waals surface area (Å²) in [5.41, 5.74) is 0.515. The van der Waals surface area contributed by atoms with Crippen molar-refractivity contribution in [3.63, 3.8) is 0 Å². The number of nitrogens with zero attached hydrogens (tertiary/aromatic N) is 4. The predicted molar refractivity (Wildman–Crippen MR) is 80.5 cm³/mol. The summed E-state index contributed by atoms with van der Waals surface area (Å²) >= 11 is 0. The molecule has 1 N–H and O–H groups in total. The molecule has 0 spiro atoms. The summed E-state index contributed by atoms with van der Waals surface area (Å²) in [6.45, 7) is 4.06. The van der Waals surface area contributed by atoms with Crippen molar-refractivity contribution in [3.05, 3.63) is 12.4 Å². The Kier molecular flexibility index (Phi) is 5.35. The van der Waals surface area contributed by atoms with E-state index in [0.29, 0.717) is 12.1 Å². The fourth-order valence-corrected chi connectivity index (χ4v) is 2.39. The lowest BCUT2D eigenvalue weighted by Crippen LogP contribution is -2.44. The quantitative estimate of drug-likeness (QED) is 0.891. The van der Waals surface area contributed by atoms with Gasteiger partial charge in [-0.15, -0.1) is 0 Å². The molecule has 1 aliphatic heterocycles.